The number of rotatable bonds is 9. The highest BCUT2D eigenvalue weighted by Gasteiger charge is 2.18. The fourth-order valence-corrected chi connectivity index (χ4v) is 3.37. The SMILES string of the molecule is CCOC(=O)c1cc(CC)sc1NC(=O)CSCCC(=O)OC. The lowest BCUT2D eigenvalue weighted by molar-refractivity contribution is -0.140. The molecule has 1 aromatic heterocycles. The summed E-state index contributed by atoms with van der Waals surface area (Å²) in [7, 11) is 1.33. The van der Waals surface area contributed by atoms with Crippen molar-refractivity contribution in [2.24, 2.45) is 0 Å². The number of nitrogens with one attached hydrogen (secondary N) is 1. The first kappa shape index (κ1) is 19.5. The predicted octanol–water partition coefficient (Wildman–Crippen LogP) is 2.72. The van der Waals surface area contributed by atoms with Crippen LogP contribution in [0.15, 0.2) is 6.07 Å². The van der Waals surface area contributed by atoms with Gasteiger partial charge in [0.05, 0.1) is 31.5 Å². The highest BCUT2D eigenvalue weighted by atomic mass is 32.2. The Morgan fingerprint density at radius 2 is 2.04 bits per heavy atom. The quantitative estimate of drug-likeness (QED) is 0.539. The van der Waals surface area contributed by atoms with Crippen LogP contribution in [0.4, 0.5) is 5.00 Å². The van der Waals surface area contributed by atoms with E-state index in [1.165, 1.54) is 30.2 Å². The van der Waals surface area contributed by atoms with Crippen LogP contribution in [0.2, 0.25) is 0 Å². The minimum Gasteiger partial charge on any atom is -0.469 e. The van der Waals surface area contributed by atoms with Gasteiger partial charge in [-0.05, 0) is 19.4 Å². The first-order valence-electron chi connectivity index (χ1n) is 7.26. The molecule has 0 saturated heterocycles. The summed E-state index contributed by atoms with van der Waals surface area (Å²) < 4.78 is 9.54. The molecule has 0 aliphatic rings. The lowest BCUT2D eigenvalue weighted by atomic mass is 10.2. The molecule has 6 nitrogen and oxygen atoms in total. The molecule has 0 unspecified atom stereocenters. The molecular formula is C15H21NO5S2. The van der Waals surface area contributed by atoms with E-state index in [0.717, 1.165) is 11.3 Å². The Morgan fingerprint density at radius 1 is 1.30 bits per heavy atom. The van der Waals surface area contributed by atoms with Crippen LogP contribution in [0, 0.1) is 0 Å². The van der Waals surface area contributed by atoms with E-state index in [1.807, 2.05) is 6.92 Å². The van der Waals surface area contributed by atoms with Gasteiger partial charge in [0.2, 0.25) is 5.91 Å². The molecular weight excluding hydrogens is 338 g/mol. The lowest BCUT2D eigenvalue weighted by Gasteiger charge is -2.06. The normalized spacial score (nSPS) is 10.2. The molecule has 1 amide bonds. The standard InChI is InChI=1S/C15H21NO5S2/c1-4-10-8-11(15(19)21-5-2)14(23-10)16-12(17)9-22-7-6-13(18)20-3/h8H,4-7,9H2,1-3H3,(H,16,17). The van der Waals surface area contributed by atoms with Gasteiger partial charge in [0, 0.05) is 10.6 Å². The Balaban J connectivity index is 2.58. The number of hydrogen-bond acceptors (Lipinski definition) is 7. The van der Waals surface area contributed by atoms with Crippen molar-refractivity contribution < 1.29 is 23.9 Å². The first-order chi connectivity index (χ1) is 11.0. The lowest BCUT2D eigenvalue weighted by Crippen LogP contribution is -2.16. The van der Waals surface area contributed by atoms with Crippen molar-refractivity contribution in [2.45, 2.75) is 26.7 Å². The molecule has 0 fully saturated rings. The second-order valence-electron chi connectivity index (χ2n) is 4.46. The average Bonchev–Trinajstić information content (AvgIpc) is 2.94. The number of aryl methyl sites for hydroxylation is 1. The van der Waals surface area contributed by atoms with Gasteiger partial charge in [-0.15, -0.1) is 11.3 Å². The molecule has 1 aromatic rings. The van der Waals surface area contributed by atoms with Crippen molar-refractivity contribution in [3.8, 4) is 0 Å². The molecule has 23 heavy (non-hydrogen) atoms. The highest BCUT2D eigenvalue weighted by Crippen LogP contribution is 2.29. The van der Waals surface area contributed by atoms with E-state index < -0.39 is 5.97 Å². The van der Waals surface area contributed by atoms with Crippen molar-refractivity contribution >= 4 is 45.9 Å². The Kier molecular flexibility index (Phi) is 8.71. The number of methoxy groups -OCH3 is 1. The van der Waals surface area contributed by atoms with Crippen LogP contribution in [-0.2, 0) is 25.5 Å². The summed E-state index contributed by atoms with van der Waals surface area (Å²) in [6.07, 6.45) is 1.04. The molecule has 0 spiro atoms. The van der Waals surface area contributed by atoms with Crippen LogP contribution >= 0.6 is 23.1 Å². The maximum atomic E-state index is 12.0. The van der Waals surface area contributed by atoms with E-state index in [2.05, 4.69) is 10.1 Å². The van der Waals surface area contributed by atoms with Gasteiger partial charge in [0.25, 0.3) is 0 Å². The number of thioether (sulfide) groups is 1. The van der Waals surface area contributed by atoms with E-state index in [-0.39, 0.29) is 30.7 Å². The molecule has 1 N–H and O–H groups in total. The summed E-state index contributed by atoms with van der Waals surface area (Å²) >= 11 is 2.71. The van der Waals surface area contributed by atoms with Gasteiger partial charge in [-0.25, -0.2) is 4.79 Å². The third kappa shape index (κ3) is 6.62. The number of amides is 1. The van der Waals surface area contributed by atoms with E-state index in [4.69, 9.17) is 4.74 Å². The second kappa shape index (κ2) is 10.3. The fraction of sp³-hybridized carbons (Fsp3) is 0.533. The van der Waals surface area contributed by atoms with Crippen LogP contribution in [0.5, 0.6) is 0 Å². The van der Waals surface area contributed by atoms with E-state index in [0.29, 0.717) is 16.3 Å². The zero-order valence-corrected chi connectivity index (χ0v) is 15.1. The minimum absolute atomic E-state index is 0.207. The molecule has 1 heterocycles. The van der Waals surface area contributed by atoms with Crippen molar-refractivity contribution in [1.29, 1.82) is 0 Å². The van der Waals surface area contributed by atoms with Crippen LogP contribution < -0.4 is 5.32 Å². The molecule has 0 aromatic carbocycles. The van der Waals surface area contributed by atoms with Gasteiger partial charge >= 0.3 is 11.9 Å². The van der Waals surface area contributed by atoms with Crippen molar-refractivity contribution in [3.63, 3.8) is 0 Å². The van der Waals surface area contributed by atoms with Gasteiger partial charge < -0.3 is 14.8 Å². The van der Waals surface area contributed by atoms with Gasteiger partial charge in [0.1, 0.15) is 5.00 Å². The predicted molar refractivity (Wildman–Crippen MR) is 92.2 cm³/mol. The summed E-state index contributed by atoms with van der Waals surface area (Å²) in [6, 6.07) is 1.75. The van der Waals surface area contributed by atoms with E-state index >= 15 is 0 Å². The summed E-state index contributed by atoms with van der Waals surface area (Å²) in [5, 5.41) is 3.26. The van der Waals surface area contributed by atoms with Crippen LogP contribution in [0.25, 0.3) is 0 Å². The molecule has 1 rings (SSSR count). The van der Waals surface area contributed by atoms with Crippen molar-refractivity contribution in [2.75, 3.05) is 30.5 Å². The zero-order valence-electron chi connectivity index (χ0n) is 13.5. The average molecular weight is 359 g/mol. The van der Waals surface area contributed by atoms with Crippen LogP contribution in [-0.4, -0.2) is 43.1 Å². The fourth-order valence-electron chi connectivity index (χ4n) is 1.65. The molecule has 0 aliphatic carbocycles. The summed E-state index contributed by atoms with van der Waals surface area (Å²) in [4.78, 5) is 35.9. The Bertz CT molecular complexity index is 556. The largest absolute Gasteiger partial charge is 0.469 e. The van der Waals surface area contributed by atoms with Crippen molar-refractivity contribution in [1.82, 2.24) is 0 Å². The first-order valence-corrected chi connectivity index (χ1v) is 9.23. The third-order valence-electron chi connectivity index (χ3n) is 2.79. The number of esters is 2. The Labute approximate surface area is 143 Å². The molecule has 128 valence electrons. The van der Waals surface area contributed by atoms with Crippen LogP contribution in [0.1, 0.15) is 35.5 Å². The molecule has 0 atom stereocenters. The van der Waals surface area contributed by atoms with E-state index in [9.17, 15) is 14.4 Å². The summed E-state index contributed by atoms with van der Waals surface area (Å²) in [6.45, 7) is 4.00. The van der Waals surface area contributed by atoms with Crippen molar-refractivity contribution in [3.05, 3.63) is 16.5 Å². The van der Waals surface area contributed by atoms with Gasteiger partial charge in [-0.3, -0.25) is 9.59 Å². The molecule has 0 saturated carbocycles. The van der Waals surface area contributed by atoms with Gasteiger partial charge in [-0.2, -0.15) is 11.8 Å². The maximum absolute atomic E-state index is 12.0. The number of thiophene rings is 1. The summed E-state index contributed by atoms with van der Waals surface area (Å²) in [5.74, 6) is -0.228. The Morgan fingerprint density at radius 3 is 2.65 bits per heavy atom. The zero-order chi connectivity index (χ0) is 17.2. The topological polar surface area (TPSA) is 81.7 Å². The highest BCUT2D eigenvalue weighted by molar-refractivity contribution is 7.99. The molecule has 0 bridgehead atoms. The second-order valence-corrected chi connectivity index (χ2v) is 6.70. The van der Waals surface area contributed by atoms with Crippen LogP contribution in [0.3, 0.4) is 0 Å². The maximum Gasteiger partial charge on any atom is 0.341 e. The number of ether oxygens (including phenoxy) is 2. The minimum atomic E-state index is -0.433. The third-order valence-corrected chi connectivity index (χ3v) is 4.95. The number of anilines is 1. The smallest absolute Gasteiger partial charge is 0.341 e. The number of carbonyl (C=O) groups is 3. The summed E-state index contributed by atoms with van der Waals surface area (Å²) in [5.41, 5.74) is 0.390. The monoisotopic (exact) mass is 359 g/mol. The van der Waals surface area contributed by atoms with Gasteiger partial charge in [0.15, 0.2) is 0 Å². The van der Waals surface area contributed by atoms with Gasteiger partial charge in [-0.1, -0.05) is 6.92 Å². The molecule has 0 aliphatic heterocycles. The number of carbonyl (C=O) groups excluding carboxylic acids is 3. The van der Waals surface area contributed by atoms with E-state index in [1.54, 1.807) is 13.0 Å². The number of hydrogen-bond donors (Lipinski definition) is 1. The molecule has 8 heteroatoms. The molecule has 0 radical (unpaired) electrons. The Hall–Kier alpha value is -1.54.